The van der Waals surface area contributed by atoms with Crippen molar-refractivity contribution < 1.29 is 22.3 Å². The van der Waals surface area contributed by atoms with Gasteiger partial charge in [-0.15, -0.1) is 0 Å². The Morgan fingerprint density at radius 1 is 1.05 bits per heavy atom. The molecule has 0 saturated heterocycles. The topological polar surface area (TPSA) is 33.0 Å². The minimum absolute atomic E-state index is 0.0351. The monoisotopic (exact) mass is 295 g/mol. The van der Waals surface area contributed by atoms with Gasteiger partial charge in [0.1, 0.15) is 11.6 Å². The van der Waals surface area contributed by atoms with Crippen LogP contribution in [0.5, 0.6) is 5.75 Å². The predicted octanol–water partition coefficient (Wildman–Crippen LogP) is 4.39. The molecule has 0 aliphatic rings. The third kappa shape index (κ3) is 2.97. The molecule has 0 spiro atoms. The highest BCUT2D eigenvalue weighted by Gasteiger charge is 2.31. The van der Waals surface area contributed by atoms with Crippen molar-refractivity contribution in [3.63, 3.8) is 0 Å². The van der Waals surface area contributed by atoms with Crippen LogP contribution in [0.15, 0.2) is 36.4 Å². The molecule has 0 amide bonds. The van der Waals surface area contributed by atoms with Crippen molar-refractivity contribution in [3.8, 4) is 22.9 Å². The molecule has 0 unspecified atom stereocenters. The molecule has 0 N–H and O–H groups in total. The summed E-state index contributed by atoms with van der Waals surface area (Å²) in [6.45, 7) is 0. The Hall–Kier alpha value is -2.55. The molecule has 6 heteroatoms. The van der Waals surface area contributed by atoms with Gasteiger partial charge in [0.2, 0.25) is 0 Å². The van der Waals surface area contributed by atoms with E-state index in [-0.39, 0.29) is 22.4 Å². The highest BCUT2D eigenvalue weighted by atomic mass is 19.4. The van der Waals surface area contributed by atoms with Gasteiger partial charge in [-0.05, 0) is 30.3 Å². The molecular formula is C15H9F4NO. The summed E-state index contributed by atoms with van der Waals surface area (Å²) in [7, 11) is 1.35. The molecule has 0 saturated carbocycles. The highest BCUT2D eigenvalue weighted by Crippen LogP contribution is 2.35. The SMILES string of the molecule is COc1ccc(-c2cc(C(F)(F)F)ccc2C#N)c(F)c1. The average Bonchev–Trinajstić information content (AvgIpc) is 2.45. The molecule has 108 valence electrons. The summed E-state index contributed by atoms with van der Waals surface area (Å²) < 4.78 is 57.1. The Balaban J connectivity index is 2.65. The molecular weight excluding hydrogens is 286 g/mol. The number of nitriles is 1. The molecule has 0 heterocycles. The van der Waals surface area contributed by atoms with Gasteiger partial charge in [0.25, 0.3) is 0 Å². The first-order valence-electron chi connectivity index (χ1n) is 5.82. The van der Waals surface area contributed by atoms with E-state index in [0.717, 1.165) is 24.3 Å². The second kappa shape index (κ2) is 5.44. The minimum atomic E-state index is -4.56. The zero-order chi connectivity index (χ0) is 15.6. The first-order chi connectivity index (χ1) is 9.86. The molecule has 2 aromatic carbocycles. The van der Waals surface area contributed by atoms with Gasteiger partial charge < -0.3 is 4.74 Å². The Morgan fingerprint density at radius 2 is 1.76 bits per heavy atom. The molecule has 2 aromatic rings. The number of hydrogen-bond acceptors (Lipinski definition) is 2. The van der Waals surface area contributed by atoms with Crippen molar-refractivity contribution in [1.82, 2.24) is 0 Å². The lowest BCUT2D eigenvalue weighted by atomic mass is 9.97. The van der Waals surface area contributed by atoms with Crippen LogP contribution >= 0.6 is 0 Å². The standard InChI is InChI=1S/C15H9F4NO/c1-21-11-4-5-12(14(16)7-11)13-6-10(15(17,18)19)3-2-9(13)8-20/h2-7H,1H3. The fourth-order valence-electron chi connectivity index (χ4n) is 1.88. The van der Waals surface area contributed by atoms with Crippen LogP contribution in [-0.4, -0.2) is 7.11 Å². The number of rotatable bonds is 2. The maximum Gasteiger partial charge on any atom is 0.416 e. The lowest BCUT2D eigenvalue weighted by Crippen LogP contribution is -2.05. The fraction of sp³-hybridized carbons (Fsp3) is 0.133. The number of alkyl halides is 3. The van der Waals surface area contributed by atoms with Crippen LogP contribution in [0.1, 0.15) is 11.1 Å². The Labute approximate surface area is 118 Å². The summed E-state index contributed by atoms with van der Waals surface area (Å²) in [5.41, 5.74) is -1.16. The van der Waals surface area contributed by atoms with Crippen molar-refractivity contribution in [1.29, 1.82) is 5.26 Å². The van der Waals surface area contributed by atoms with E-state index in [1.807, 2.05) is 0 Å². The smallest absolute Gasteiger partial charge is 0.416 e. The van der Waals surface area contributed by atoms with Crippen molar-refractivity contribution in [2.24, 2.45) is 0 Å². The predicted molar refractivity (Wildman–Crippen MR) is 68.1 cm³/mol. The molecule has 0 radical (unpaired) electrons. The molecule has 0 aliphatic carbocycles. The van der Waals surface area contributed by atoms with Crippen molar-refractivity contribution in [3.05, 3.63) is 53.3 Å². The van der Waals surface area contributed by atoms with Gasteiger partial charge >= 0.3 is 6.18 Å². The van der Waals surface area contributed by atoms with Crippen molar-refractivity contribution in [2.45, 2.75) is 6.18 Å². The van der Waals surface area contributed by atoms with Crippen LogP contribution in [0.3, 0.4) is 0 Å². The van der Waals surface area contributed by atoms with Gasteiger partial charge in [0.05, 0.1) is 24.3 Å². The molecule has 0 atom stereocenters. The molecule has 21 heavy (non-hydrogen) atoms. The van der Waals surface area contributed by atoms with Crippen LogP contribution in [0.2, 0.25) is 0 Å². The molecule has 2 nitrogen and oxygen atoms in total. The summed E-state index contributed by atoms with van der Waals surface area (Å²) in [6, 6.07) is 8.11. The Morgan fingerprint density at radius 3 is 2.29 bits per heavy atom. The van der Waals surface area contributed by atoms with Gasteiger partial charge in [-0.25, -0.2) is 4.39 Å². The maximum absolute atomic E-state index is 14.0. The zero-order valence-corrected chi connectivity index (χ0v) is 10.8. The second-order valence-corrected chi connectivity index (χ2v) is 4.22. The van der Waals surface area contributed by atoms with Gasteiger partial charge in [0.15, 0.2) is 0 Å². The lowest BCUT2D eigenvalue weighted by Gasteiger charge is -2.11. The van der Waals surface area contributed by atoms with Crippen LogP contribution in [0.25, 0.3) is 11.1 Å². The number of nitrogens with zero attached hydrogens (tertiary/aromatic N) is 1. The van der Waals surface area contributed by atoms with E-state index in [1.165, 1.54) is 19.2 Å². The molecule has 0 aromatic heterocycles. The summed E-state index contributed by atoms with van der Waals surface area (Å²) in [5, 5.41) is 8.99. The van der Waals surface area contributed by atoms with Crippen LogP contribution in [0, 0.1) is 17.1 Å². The van der Waals surface area contributed by atoms with Gasteiger partial charge in [-0.2, -0.15) is 18.4 Å². The molecule has 0 fully saturated rings. The summed E-state index contributed by atoms with van der Waals surface area (Å²) in [6.07, 6.45) is -4.56. The number of benzene rings is 2. The quantitative estimate of drug-likeness (QED) is 0.770. The number of methoxy groups -OCH3 is 1. The first-order valence-corrected chi connectivity index (χ1v) is 5.82. The minimum Gasteiger partial charge on any atom is -0.497 e. The van der Waals surface area contributed by atoms with Crippen molar-refractivity contribution in [2.75, 3.05) is 7.11 Å². The van der Waals surface area contributed by atoms with Gasteiger partial charge in [0, 0.05) is 17.2 Å². The fourth-order valence-corrected chi connectivity index (χ4v) is 1.88. The lowest BCUT2D eigenvalue weighted by molar-refractivity contribution is -0.137. The summed E-state index contributed by atoms with van der Waals surface area (Å²) in [5.74, 6) is -0.521. The van der Waals surface area contributed by atoms with Crippen LogP contribution in [-0.2, 0) is 6.18 Å². The third-order valence-corrected chi connectivity index (χ3v) is 2.93. The van der Waals surface area contributed by atoms with E-state index >= 15 is 0 Å². The number of halogens is 4. The summed E-state index contributed by atoms with van der Waals surface area (Å²) in [4.78, 5) is 0. The van der Waals surface area contributed by atoms with Crippen LogP contribution in [0.4, 0.5) is 17.6 Å². The largest absolute Gasteiger partial charge is 0.497 e. The normalized spacial score (nSPS) is 11.0. The van der Waals surface area contributed by atoms with Gasteiger partial charge in [-0.1, -0.05) is 0 Å². The second-order valence-electron chi connectivity index (χ2n) is 4.22. The van der Waals surface area contributed by atoms with E-state index in [1.54, 1.807) is 6.07 Å². The molecule has 0 aliphatic heterocycles. The van der Waals surface area contributed by atoms with Crippen molar-refractivity contribution >= 4 is 0 Å². The average molecular weight is 295 g/mol. The molecule has 0 bridgehead atoms. The first kappa shape index (κ1) is 14.9. The van der Waals surface area contributed by atoms with Crippen LogP contribution < -0.4 is 4.74 Å². The Bertz CT molecular complexity index is 717. The van der Waals surface area contributed by atoms with E-state index in [2.05, 4.69) is 0 Å². The van der Waals surface area contributed by atoms with E-state index in [9.17, 15) is 17.6 Å². The highest BCUT2D eigenvalue weighted by molar-refractivity contribution is 5.72. The van der Waals surface area contributed by atoms with Gasteiger partial charge in [-0.3, -0.25) is 0 Å². The van der Waals surface area contributed by atoms with E-state index in [0.29, 0.717) is 0 Å². The maximum atomic E-state index is 14.0. The molecule has 2 rings (SSSR count). The number of ether oxygens (including phenoxy) is 1. The van der Waals surface area contributed by atoms with E-state index < -0.39 is 17.6 Å². The zero-order valence-electron chi connectivity index (χ0n) is 10.8. The third-order valence-electron chi connectivity index (χ3n) is 2.93. The Kier molecular flexibility index (Phi) is 3.85. The van der Waals surface area contributed by atoms with E-state index in [4.69, 9.17) is 10.00 Å². The number of hydrogen-bond donors (Lipinski definition) is 0. The summed E-state index contributed by atoms with van der Waals surface area (Å²) >= 11 is 0.